The van der Waals surface area contributed by atoms with Gasteiger partial charge in [0.2, 0.25) is 0 Å². The molecule has 116 valence electrons. The van der Waals surface area contributed by atoms with Crippen LogP contribution < -0.4 is 5.56 Å². The Kier molecular flexibility index (Phi) is 5.55. The van der Waals surface area contributed by atoms with Gasteiger partial charge in [-0.15, -0.1) is 0 Å². The molecule has 1 aromatic carbocycles. The summed E-state index contributed by atoms with van der Waals surface area (Å²) in [5, 5.41) is 0.201. The SMILES string of the molecule is CCCc1cc(=O)[nH]c(S[C@H](C)C(=O)c2ccc(C)cc2)n1. The molecule has 1 heterocycles. The Hall–Kier alpha value is -1.88. The molecule has 4 nitrogen and oxygen atoms in total. The smallest absolute Gasteiger partial charge is 0.251 e. The molecular weight excluding hydrogens is 296 g/mol. The number of aromatic nitrogens is 2. The van der Waals surface area contributed by atoms with Crippen LogP contribution in [-0.2, 0) is 6.42 Å². The van der Waals surface area contributed by atoms with Gasteiger partial charge in [0.25, 0.3) is 5.56 Å². The van der Waals surface area contributed by atoms with Gasteiger partial charge in [-0.1, -0.05) is 54.9 Å². The predicted molar refractivity (Wildman–Crippen MR) is 89.7 cm³/mol. The molecule has 0 fully saturated rings. The zero-order valence-electron chi connectivity index (χ0n) is 13.1. The summed E-state index contributed by atoms with van der Waals surface area (Å²) in [7, 11) is 0. The van der Waals surface area contributed by atoms with Crippen molar-refractivity contribution in [1.82, 2.24) is 9.97 Å². The Morgan fingerprint density at radius 3 is 2.64 bits per heavy atom. The van der Waals surface area contributed by atoms with E-state index in [0.717, 1.165) is 24.1 Å². The standard InChI is InChI=1S/C17H20N2O2S/c1-4-5-14-10-15(20)19-17(18-14)22-12(3)16(21)13-8-6-11(2)7-9-13/h6-10,12H,4-5H2,1-3H3,(H,18,19,20)/t12-/m1/s1. The van der Waals surface area contributed by atoms with E-state index in [1.807, 2.05) is 45.0 Å². The number of nitrogens with zero attached hydrogens (tertiary/aromatic N) is 1. The quantitative estimate of drug-likeness (QED) is 0.504. The number of hydrogen-bond acceptors (Lipinski definition) is 4. The molecule has 0 unspecified atom stereocenters. The highest BCUT2D eigenvalue weighted by Crippen LogP contribution is 2.22. The molecule has 1 N–H and O–H groups in total. The highest BCUT2D eigenvalue weighted by molar-refractivity contribution is 8.00. The topological polar surface area (TPSA) is 62.8 Å². The number of thioether (sulfide) groups is 1. The summed E-state index contributed by atoms with van der Waals surface area (Å²) >= 11 is 1.29. The van der Waals surface area contributed by atoms with Crippen molar-refractivity contribution < 1.29 is 4.79 Å². The van der Waals surface area contributed by atoms with Gasteiger partial charge in [-0.25, -0.2) is 4.98 Å². The van der Waals surface area contributed by atoms with Crippen molar-refractivity contribution in [2.45, 2.75) is 44.0 Å². The Morgan fingerprint density at radius 1 is 1.32 bits per heavy atom. The van der Waals surface area contributed by atoms with Gasteiger partial charge in [0.15, 0.2) is 10.9 Å². The molecule has 2 aromatic rings. The number of hydrogen-bond donors (Lipinski definition) is 1. The number of ketones is 1. The number of aromatic amines is 1. The Balaban J connectivity index is 2.14. The van der Waals surface area contributed by atoms with Crippen LogP contribution >= 0.6 is 11.8 Å². The monoisotopic (exact) mass is 316 g/mol. The summed E-state index contributed by atoms with van der Waals surface area (Å²) in [6, 6.07) is 9.02. The fourth-order valence-corrected chi connectivity index (χ4v) is 3.00. The highest BCUT2D eigenvalue weighted by Gasteiger charge is 2.17. The van der Waals surface area contributed by atoms with Gasteiger partial charge in [0, 0.05) is 17.3 Å². The minimum Gasteiger partial charge on any atom is -0.301 e. The number of nitrogens with one attached hydrogen (secondary N) is 1. The number of aryl methyl sites for hydroxylation is 2. The molecule has 0 saturated heterocycles. The lowest BCUT2D eigenvalue weighted by Gasteiger charge is -2.10. The summed E-state index contributed by atoms with van der Waals surface area (Å²) < 4.78 is 0. The lowest BCUT2D eigenvalue weighted by atomic mass is 10.1. The van der Waals surface area contributed by atoms with E-state index in [9.17, 15) is 9.59 Å². The number of carbonyl (C=O) groups excluding carboxylic acids is 1. The van der Waals surface area contributed by atoms with Crippen LogP contribution in [0.5, 0.6) is 0 Å². The number of carbonyl (C=O) groups is 1. The largest absolute Gasteiger partial charge is 0.301 e. The second-order valence-corrected chi connectivity index (χ2v) is 6.61. The third kappa shape index (κ3) is 4.31. The van der Waals surface area contributed by atoms with Crippen LogP contribution in [0.2, 0.25) is 0 Å². The second kappa shape index (κ2) is 7.40. The van der Waals surface area contributed by atoms with Gasteiger partial charge >= 0.3 is 0 Å². The maximum absolute atomic E-state index is 12.4. The van der Waals surface area contributed by atoms with Crippen LogP contribution in [0.1, 0.15) is 41.9 Å². The van der Waals surface area contributed by atoms with Crippen LogP contribution in [-0.4, -0.2) is 21.0 Å². The molecule has 0 aliphatic carbocycles. The molecule has 0 bridgehead atoms. The summed E-state index contributed by atoms with van der Waals surface area (Å²) in [6.07, 6.45) is 1.69. The molecule has 0 spiro atoms. The molecule has 0 saturated carbocycles. The van der Waals surface area contributed by atoms with Crippen molar-refractivity contribution in [2.75, 3.05) is 0 Å². The zero-order chi connectivity index (χ0) is 16.1. The summed E-state index contributed by atoms with van der Waals surface area (Å²) in [6.45, 7) is 5.86. The average molecular weight is 316 g/mol. The number of H-pyrrole nitrogens is 1. The van der Waals surface area contributed by atoms with Crippen molar-refractivity contribution in [3.8, 4) is 0 Å². The third-order valence-corrected chi connectivity index (χ3v) is 4.26. The first-order valence-corrected chi connectivity index (χ1v) is 8.25. The van der Waals surface area contributed by atoms with Crippen molar-refractivity contribution in [1.29, 1.82) is 0 Å². The van der Waals surface area contributed by atoms with E-state index in [-0.39, 0.29) is 16.6 Å². The maximum Gasteiger partial charge on any atom is 0.251 e. The van der Waals surface area contributed by atoms with Gasteiger partial charge in [-0.05, 0) is 20.3 Å². The van der Waals surface area contributed by atoms with Gasteiger partial charge in [-0.3, -0.25) is 9.59 Å². The molecule has 0 aliphatic heterocycles. The minimum absolute atomic E-state index is 0.0357. The zero-order valence-corrected chi connectivity index (χ0v) is 13.9. The summed E-state index contributed by atoms with van der Waals surface area (Å²) in [4.78, 5) is 31.2. The highest BCUT2D eigenvalue weighted by atomic mass is 32.2. The van der Waals surface area contributed by atoms with Crippen molar-refractivity contribution in [3.63, 3.8) is 0 Å². The fourth-order valence-electron chi connectivity index (χ4n) is 2.10. The van der Waals surface area contributed by atoms with Crippen molar-refractivity contribution in [3.05, 3.63) is 57.5 Å². The van der Waals surface area contributed by atoms with E-state index in [1.165, 1.54) is 17.8 Å². The molecule has 0 radical (unpaired) electrons. The van der Waals surface area contributed by atoms with E-state index in [1.54, 1.807) is 0 Å². The molecular formula is C17H20N2O2S. The summed E-state index contributed by atoms with van der Waals surface area (Å²) in [5.41, 5.74) is 2.40. The average Bonchev–Trinajstić information content (AvgIpc) is 2.47. The normalized spacial score (nSPS) is 12.1. The number of Topliss-reactive ketones (excluding diaryl/α,β-unsaturated/α-hetero) is 1. The second-order valence-electron chi connectivity index (χ2n) is 5.28. The molecule has 0 amide bonds. The lowest BCUT2D eigenvalue weighted by molar-refractivity contribution is 0.0994. The molecule has 0 aliphatic rings. The van der Waals surface area contributed by atoms with E-state index < -0.39 is 0 Å². The number of rotatable bonds is 6. The molecule has 1 atom stereocenters. The van der Waals surface area contributed by atoms with Gasteiger partial charge < -0.3 is 4.98 Å². The van der Waals surface area contributed by atoms with E-state index >= 15 is 0 Å². The van der Waals surface area contributed by atoms with Crippen LogP contribution in [0.3, 0.4) is 0 Å². The first-order chi connectivity index (χ1) is 10.5. The van der Waals surface area contributed by atoms with Crippen molar-refractivity contribution >= 4 is 17.5 Å². The fraction of sp³-hybridized carbons (Fsp3) is 0.353. The predicted octanol–water partition coefficient (Wildman–Crippen LogP) is 3.39. The lowest BCUT2D eigenvalue weighted by Crippen LogP contribution is -2.16. The van der Waals surface area contributed by atoms with Gasteiger partial charge in [0.05, 0.1) is 5.25 Å². The van der Waals surface area contributed by atoms with Crippen LogP contribution in [0, 0.1) is 6.92 Å². The summed E-state index contributed by atoms with van der Waals surface area (Å²) in [5.74, 6) is 0.0357. The van der Waals surface area contributed by atoms with Crippen LogP contribution in [0.4, 0.5) is 0 Å². The van der Waals surface area contributed by atoms with Gasteiger partial charge in [-0.2, -0.15) is 0 Å². The minimum atomic E-state index is -0.303. The van der Waals surface area contributed by atoms with E-state index in [4.69, 9.17) is 0 Å². The molecule has 5 heteroatoms. The Bertz CT molecular complexity index is 707. The number of benzene rings is 1. The molecule has 1 aromatic heterocycles. The molecule has 2 rings (SSSR count). The van der Waals surface area contributed by atoms with E-state index in [2.05, 4.69) is 9.97 Å². The van der Waals surface area contributed by atoms with E-state index in [0.29, 0.717) is 10.7 Å². The van der Waals surface area contributed by atoms with Crippen LogP contribution in [0.15, 0.2) is 40.3 Å². The first-order valence-electron chi connectivity index (χ1n) is 7.37. The molecule has 22 heavy (non-hydrogen) atoms. The van der Waals surface area contributed by atoms with Crippen molar-refractivity contribution in [2.24, 2.45) is 0 Å². The maximum atomic E-state index is 12.4. The van der Waals surface area contributed by atoms with Gasteiger partial charge in [0.1, 0.15) is 0 Å². The van der Waals surface area contributed by atoms with Crippen LogP contribution in [0.25, 0.3) is 0 Å². The Labute approximate surface area is 134 Å². The first kappa shape index (κ1) is 16.5. The Morgan fingerprint density at radius 2 is 2.00 bits per heavy atom. The third-order valence-electron chi connectivity index (χ3n) is 3.27.